The summed E-state index contributed by atoms with van der Waals surface area (Å²) in [4.78, 5) is 34.5. The van der Waals surface area contributed by atoms with Crippen LogP contribution in [0.5, 0.6) is 0 Å². The molecule has 0 spiro atoms. The molecule has 0 heterocycles. The van der Waals surface area contributed by atoms with Gasteiger partial charge in [-0.3, -0.25) is 14.4 Å². The van der Waals surface area contributed by atoms with E-state index in [1.54, 1.807) is 0 Å². The summed E-state index contributed by atoms with van der Waals surface area (Å²) in [6.45, 7) is 0.380. The van der Waals surface area contributed by atoms with Crippen LogP contribution in [0.15, 0.2) is 0 Å². The molecule has 2 saturated carbocycles. The highest BCUT2D eigenvalue weighted by Crippen LogP contribution is 2.35. The Kier molecular flexibility index (Phi) is 5.80. The van der Waals surface area contributed by atoms with E-state index in [0.29, 0.717) is 12.5 Å². The third-order valence-electron chi connectivity index (χ3n) is 4.92. The van der Waals surface area contributed by atoms with Crippen LogP contribution in [0.25, 0.3) is 0 Å². The third-order valence-corrected chi connectivity index (χ3v) is 4.92. The van der Waals surface area contributed by atoms with Crippen molar-refractivity contribution in [3.63, 3.8) is 0 Å². The maximum atomic E-state index is 12.2. The Balaban J connectivity index is 1.88. The van der Waals surface area contributed by atoms with E-state index in [-0.39, 0.29) is 19.3 Å². The van der Waals surface area contributed by atoms with Gasteiger partial charge in [0, 0.05) is 0 Å². The van der Waals surface area contributed by atoms with E-state index in [1.165, 1.54) is 6.42 Å². The van der Waals surface area contributed by atoms with E-state index in [0.717, 1.165) is 25.7 Å². The zero-order valence-electron chi connectivity index (χ0n) is 12.7. The van der Waals surface area contributed by atoms with Crippen molar-refractivity contribution < 1.29 is 29.3 Å². The molecular formula is C16H24O6. The van der Waals surface area contributed by atoms with Crippen LogP contribution in [0, 0.1) is 23.7 Å². The summed E-state index contributed by atoms with van der Waals surface area (Å²) in [6.07, 6.45) is 6.14. The Morgan fingerprint density at radius 1 is 0.818 bits per heavy atom. The number of carboxylic acids is 2. The van der Waals surface area contributed by atoms with Crippen molar-refractivity contribution in [2.45, 2.75) is 51.4 Å². The fourth-order valence-corrected chi connectivity index (χ4v) is 3.59. The lowest BCUT2D eigenvalue weighted by molar-refractivity contribution is -0.157. The molecular weight excluding hydrogens is 288 g/mol. The summed E-state index contributed by atoms with van der Waals surface area (Å²) in [5.74, 6) is -4.26. The second-order valence-electron chi connectivity index (χ2n) is 6.61. The number of hydrogen-bond acceptors (Lipinski definition) is 4. The first-order valence-electron chi connectivity index (χ1n) is 8.09. The van der Waals surface area contributed by atoms with Crippen molar-refractivity contribution >= 4 is 17.9 Å². The quantitative estimate of drug-likeness (QED) is 0.755. The van der Waals surface area contributed by atoms with E-state index in [4.69, 9.17) is 14.9 Å². The molecule has 6 heteroatoms. The first kappa shape index (κ1) is 16.8. The molecule has 0 bridgehead atoms. The van der Waals surface area contributed by atoms with Crippen LogP contribution in [0.2, 0.25) is 0 Å². The summed E-state index contributed by atoms with van der Waals surface area (Å²) in [5, 5.41) is 18.3. The van der Waals surface area contributed by atoms with Crippen molar-refractivity contribution in [2.24, 2.45) is 23.7 Å². The Morgan fingerprint density at radius 2 is 1.32 bits per heavy atom. The topological polar surface area (TPSA) is 101 Å². The van der Waals surface area contributed by atoms with Gasteiger partial charge in [0.2, 0.25) is 0 Å². The Hall–Kier alpha value is -1.59. The number of aliphatic carboxylic acids is 2. The first-order chi connectivity index (χ1) is 10.5. The molecule has 0 aromatic heterocycles. The molecule has 124 valence electrons. The van der Waals surface area contributed by atoms with Crippen LogP contribution >= 0.6 is 0 Å². The van der Waals surface area contributed by atoms with Crippen LogP contribution in [0.1, 0.15) is 51.4 Å². The minimum atomic E-state index is -1.03. The number of hydrogen-bond donors (Lipinski definition) is 2. The molecule has 0 radical (unpaired) electrons. The zero-order chi connectivity index (χ0) is 16.1. The summed E-state index contributed by atoms with van der Waals surface area (Å²) >= 11 is 0. The van der Waals surface area contributed by atoms with Crippen molar-refractivity contribution in [1.82, 2.24) is 0 Å². The van der Waals surface area contributed by atoms with Crippen molar-refractivity contribution in [2.75, 3.05) is 6.61 Å². The standard InChI is InChI=1S/C16H24O6/c17-14(18)11-6-12(15(19)20)8-13(7-11)16(21)22-9-10-4-2-1-3-5-10/h10-13H,1-9H2,(H,17,18)(H,19,20). The van der Waals surface area contributed by atoms with Crippen molar-refractivity contribution in [3.05, 3.63) is 0 Å². The van der Waals surface area contributed by atoms with Crippen LogP contribution < -0.4 is 0 Å². The SMILES string of the molecule is O=C(O)C1CC(C(=O)O)CC(C(=O)OCC2CCCCC2)C1. The Labute approximate surface area is 129 Å². The monoisotopic (exact) mass is 312 g/mol. The maximum absolute atomic E-state index is 12.2. The van der Waals surface area contributed by atoms with Gasteiger partial charge < -0.3 is 14.9 Å². The molecule has 0 aliphatic heterocycles. The number of esters is 1. The lowest BCUT2D eigenvalue weighted by Gasteiger charge is -2.30. The van der Waals surface area contributed by atoms with E-state index in [9.17, 15) is 14.4 Å². The fraction of sp³-hybridized carbons (Fsp3) is 0.812. The van der Waals surface area contributed by atoms with E-state index in [1.807, 2.05) is 0 Å². The zero-order valence-corrected chi connectivity index (χ0v) is 12.7. The van der Waals surface area contributed by atoms with Crippen LogP contribution in [-0.4, -0.2) is 34.7 Å². The van der Waals surface area contributed by atoms with Crippen LogP contribution in [0.4, 0.5) is 0 Å². The summed E-state index contributed by atoms with van der Waals surface area (Å²) < 4.78 is 5.35. The Morgan fingerprint density at radius 3 is 1.82 bits per heavy atom. The van der Waals surface area contributed by atoms with Gasteiger partial charge in [0.15, 0.2) is 0 Å². The number of rotatable bonds is 5. The lowest BCUT2D eigenvalue weighted by atomic mass is 9.75. The first-order valence-corrected chi connectivity index (χ1v) is 8.09. The predicted octanol–water partition coefficient (Wildman–Crippen LogP) is 2.31. The molecule has 2 rings (SSSR count). The van der Waals surface area contributed by atoms with Gasteiger partial charge in [-0.2, -0.15) is 0 Å². The number of carbonyl (C=O) groups is 3. The minimum absolute atomic E-state index is 0.0943. The average Bonchev–Trinajstić information content (AvgIpc) is 2.53. The second-order valence-corrected chi connectivity index (χ2v) is 6.61. The molecule has 2 unspecified atom stereocenters. The lowest BCUT2D eigenvalue weighted by Crippen LogP contribution is -2.36. The number of carbonyl (C=O) groups excluding carboxylic acids is 1. The largest absolute Gasteiger partial charge is 0.481 e. The van der Waals surface area contributed by atoms with Gasteiger partial charge in [0.25, 0.3) is 0 Å². The maximum Gasteiger partial charge on any atom is 0.308 e. The third kappa shape index (κ3) is 4.45. The van der Waals surface area contributed by atoms with E-state index < -0.39 is 35.7 Å². The van der Waals surface area contributed by atoms with Gasteiger partial charge in [-0.1, -0.05) is 19.3 Å². The van der Waals surface area contributed by atoms with Gasteiger partial charge in [0.1, 0.15) is 0 Å². The van der Waals surface area contributed by atoms with Crippen molar-refractivity contribution in [3.8, 4) is 0 Å². The molecule has 2 aliphatic rings. The van der Waals surface area contributed by atoms with Crippen molar-refractivity contribution in [1.29, 1.82) is 0 Å². The normalized spacial score (nSPS) is 29.7. The highest BCUT2D eigenvalue weighted by molar-refractivity contribution is 5.79. The smallest absolute Gasteiger partial charge is 0.308 e. The highest BCUT2D eigenvalue weighted by Gasteiger charge is 2.39. The number of ether oxygens (including phenoxy) is 1. The summed E-state index contributed by atoms with van der Waals surface area (Å²) in [5.41, 5.74) is 0. The molecule has 2 aliphatic carbocycles. The van der Waals surface area contributed by atoms with Crippen LogP contribution in [0.3, 0.4) is 0 Å². The minimum Gasteiger partial charge on any atom is -0.481 e. The van der Waals surface area contributed by atoms with E-state index >= 15 is 0 Å². The predicted molar refractivity (Wildman–Crippen MR) is 77.1 cm³/mol. The molecule has 0 saturated heterocycles. The summed E-state index contributed by atoms with van der Waals surface area (Å²) in [6, 6.07) is 0. The highest BCUT2D eigenvalue weighted by atomic mass is 16.5. The van der Waals surface area contributed by atoms with E-state index in [2.05, 4.69) is 0 Å². The molecule has 6 nitrogen and oxygen atoms in total. The number of carboxylic acid groups (broad SMARTS) is 2. The molecule has 0 aromatic rings. The Bertz CT molecular complexity index is 404. The van der Waals surface area contributed by atoms with Gasteiger partial charge in [-0.25, -0.2) is 0 Å². The summed E-state index contributed by atoms with van der Waals surface area (Å²) in [7, 11) is 0. The molecule has 22 heavy (non-hydrogen) atoms. The molecule has 0 amide bonds. The molecule has 2 fully saturated rings. The molecule has 0 aromatic carbocycles. The second kappa shape index (κ2) is 7.61. The van der Waals surface area contributed by atoms with Gasteiger partial charge in [0.05, 0.1) is 24.4 Å². The van der Waals surface area contributed by atoms with Gasteiger partial charge in [-0.05, 0) is 38.0 Å². The fourth-order valence-electron chi connectivity index (χ4n) is 3.59. The molecule has 2 N–H and O–H groups in total. The average molecular weight is 312 g/mol. The van der Waals surface area contributed by atoms with Gasteiger partial charge in [-0.15, -0.1) is 0 Å². The van der Waals surface area contributed by atoms with Gasteiger partial charge >= 0.3 is 17.9 Å². The van der Waals surface area contributed by atoms with Crippen LogP contribution in [-0.2, 0) is 19.1 Å². The molecule has 2 atom stereocenters.